The molecule has 86 valence electrons. The van der Waals surface area contributed by atoms with Crippen LogP contribution in [0.15, 0.2) is 0 Å². The Hall–Kier alpha value is -0.807. The van der Waals surface area contributed by atoms with E-state index in [0.29, 0.717) is 0 Å². The van der Waals surface area contributed by atoms with Crippen LogP contribution in [0.1, 0.15) is 33.6 Å². The zero-order valence-electron chi connectivity index (χ0n) is 9.22. The van der Waals surface area contributed by atoms with E-state index in [2.05, 4.69) is 46.1 Å². The molecule has 0 saturated heterocycles. The minimum Gasteiger partial charge on any atom is -0.545 e. The summed E-state index contributed by atoms with van der Waals surface area (Å²) in [5.41, 5.74) is 0. The van der Waals surface area contributed by atoms with Crippen molar-refractivity contribution in [3.05, 3.63) is 5.92 Å². The third kappa shape index (κ3) is 94.0. The molecule has 0 radical (unpaired) electrons. The van der Waals surface area contributed by atoms with Gasteiger partial charge in [-0.15, -0.1) is 11.8 Å². The molecule has 0 spiro atoms. The van der Waals surface area contributed by atoms with Gasteiger partial charge in [0.15, 0.2) is 0 Å². The minimum atomic E-state index is 0. The summed E-state index contributed by atoms with van der Waals surface area (Å²) in [4.78, 5) is 23.2. The Morgan fingerprint density at radius 3 is 1.53 bits per heavy atom. The molecule has 0 rings (SSSR count). The molecule has 0 bridgehead atoms. The predicted octanol–water partition coefficient (Wildman–Crippen LogP) is 1.58. The Bertz CT molecular complexity index is 134. The molecule has 4 heteroatoms. The van der Waals surface area contributed by atoms with Gasteiger partial charge in [-0.1, -0.05) is 0 Å². The summed E-state index contributed by atoms with van der Waals surface area (Å²) in [6.45, 7) is 15.9. The summed E-state index contributed by atoms with van der Waals surface area (Å²) in [6, 6.07) is 0. The second kappa shape index (κ2) is 51.1. The Balaban J connectivity index is -0.0000000410. The molecule has 0 unspecified atom stereocenters. The molecule has 0 aromatic rings. The van der Waals surface area contributed by atoms with Gasteiger partial charge in [-0.2, -0.15) is 20.3 Å². The minimum absolute atomic E-state index is 0. The topological polar surface area (TPSA) is 51.2 Å². The smallest absolute Gasteiger partial charge is 0.545 e. The molecule has 0 aromatic heterocycles. The van der Waals surface area contributed by atoms with Gasteiger partial charge in [0.1, 0.15) is 0 Å². The molecule has 0 aliphatic rings. The summed E-state index contributed by atoms with van der Waals surface area (Å²) in [5.74, 6) is 7.33. The van der Waals surface area contributed by atoms with E-state index in [9.17, 15) is 0 Å². The van der Waals surface area contributed by atoms with E-state index < -0.39 is 0 Å². The summed E-state index contributed by atoms with van der Waals surface area (Å²) in [6.07, 6.45) is 2.18. The van der Waals surface area contributed by atoms with Gasteiger partial charge in [0.25, 0.3) is 0 Å². The van der Waals surface area contributed by atoms with Crippen molar-refractivity contribution in [3.63, 3.8) is 0 Å². The molecule has 3 nitrogen and oxygen atoms in total. The third-order valence-electron chi connectivity index (χ3n) is 0.927. The van der Waals surface area contributed by atoms with E-state index in [1.54, 1.807) is 0 Å². The molecule has 0 atom stereocenters. The van der Waals surface area contributed by atoms with E-state index in [4.69, 9.17) is 14.4 Å². The maximum Gasteiger partial charge on any atom is 4.00 e. The molecule has 0 aliphatic carbocycles. The normalized spacial score (nSPS) is 5.33. The first kappa shape index (κ1) is 29.2. The van der Waals surface area contributed by atoms with Gasteiger partial charge in [-0.3, -0.25) is 20.4 Å². The van der Waals surface area contributed by atoms with Crippen molar-refractivity contribution in [2.75, 3.05) is 0 Å². The van der Waals surface area contributed by atoms with Crippen LogP contribution in [0.3, 0.4) is 0 Å². The Kier molecular flexibility index (Phi) is 99.7. The van der Waals surface area contributed by atoms with Crippen molar-refractivity contribution in [1.82, 2.24) is 0 Å². The maximum atomic E-state index is 7.75. The standard InChI is InChI=1S/C8H13.3CHO.Ru/c1-4-5-6-7-8(2)3;3*1-2;/h6-7H2,1-3H3;3*1H;/q4*-1;+4. The van der Waals surface area contributed by atoms with E-state index >= 15 is 0 Å². The maximum absolute atomic E-state index is 7.75. The predicted molar refractivity (Wildman–Crippen MR) is 57.5 cm³/mol. The number of hydrogen-bond donors (Lipinski definition) is 0. The fraction of sp³-hybridized carbons (Fsp3) is 0.455. The Labute approximate surface area is 106 Å². The van der Waals surface area contributed by atoms with E-state index in [-0.39, 0.29) is 19.5 Å². The summed E-state index contributed by atoms with van der Waals surface area (Å²) < 4.78 is 0. The van der Waals surface area contributed by atoms with Crippen LogP contribution in [0.5, 0.6) is 0 Å². The van der Waals surface area contributed by atoms with Gasteiger partial charge in [0.05, 0.1) is 0 Å². The first-order chi connectivity index (χ1) is 6.77. The molecule has 0 amide bonds. The van der Waals surface area contributed by atoms with Gasteiger partial charge in [0.2, 0.25) is 0 Å². The average Bonchev–Trinajstić information content (AvgIpc) is 2.27. The largest absolute Gasteiger partial charge is 4.00 e. The van der Waals surface area contributed by atoms with E-state index in [1.165, 1.54) is 5.92 Å². The van der Waals surface area contributed by atoms with Crippen LogP contribution in [0.4, 0.5) is 0 Å². The first-order valence-corrected chi connectivity index (χ1v) is 3.66. The Morgan fingerprint density at radius 1 is 1.00 bits per heavy atom. The fourth-order valence-electron chi connectivity index (χ4n) is 0.437. The van der Waals surface area contributed by atoms with Gasteiger partial charge >= 0.3 is 19.5 Å². The van der Waals surface area contributed by atoms with Crippen LogP contribution < -0.4 is 0 Å². The third-order valence-corrected chi connectivity index (χ3v) is 0.927. The number of rotatable bonds is 2. The summed E-state index contributed by atoms with van der Waals surface area (Å²) >= 11 is 0. The summed E-state index contributed by atoms with van der Waals surface area (Å²) in [5, 5.41) is 0. The Morgan fingerprint density at radius 2 is 1.33 bits per heavy atom. The van der Waals surface area contributed by atoms with Gasteiger partial charge in [0, 0.05) is 0 Å². The first-order valence-electron chi connectivity index (χ1n) is 3.66. The number of hydrogen-bond acceptors (Lipinski definition) is 3. The van der Waals surface area contributed by atoms with Gasteiger partial charge in [-0.25, -0.2) is 0 Å². The molecule has 0 N–H and O–H groups in total. The monoisotopic (exact) mass is 298 g/mol. The van der Waals surface area contributed by atoms with Crippen LogP contribution >= 0.6 is 0 Å². The average molecular weight is 297 g/mol. The molecule has 0 saturated carbocycles. The van der Waals surface area contributed by atoms with Crippen LogP contribution in [-0.2, 0) is 33.9 Å². The van der Waals surface area contributed by atoms with Gasteiger partial charge in [-0.05, 0) is 13.3 Å². The van der Waals surface area contributed by atoms with Crippen molar-refractivity contribution in [2.45, 2.75) is 33.6 Å². The van der Waals surface area contributed by atoms with Crippen LogP contribution in [0.2, 0.25) is 0 Å². The van der Waals surface area contributed by atoms with Crippen molar-refractivity contribution >= 4 is 20.4 Å². The van der Waals surface area contributed by atoms with Crippen molar-refractivity contribution in [2.24, 2.45) is 0 Å². The SMILES string of the molecule is CC#CCC[C-](C)C.[CH-]=O.[CH-]=O.[CH-]=O.[Ru+4]. The fourth-order valence-corrected chi connectivity index (χ4v) is 0.437. The molecular formula is C11H16O3Ru. The van der Waals surface area contributed by atoms with Crippen molar-refractivity contribution in [1.29, 1.82) is 0 Å². The van der Waals surface area contributed by atoms with Crippen LogP contribution in [-0.4, -0.2) is 20.4 Å². The van der Waals surface area contributed by atoms with Crippen molar-refractivity contribution < 1.29 is 33.9 Å². The van der Waals surface area contributed by atoms with Gasteiger partial charge < -0.3 is 20.3 Å². The molecular weight excluding hydrogens is 281 g/mol. The molecule has 15 heavy (non-hydrogen) atoms. The molecule has 0 aromatic carbocycles. The molecule has 0 aliphatic heterocycles. The zero-order valence-corrected chi connectivity index (χ0v) is 11.0. The molecule has 0 heterocycles. The molecule has 0 fully saturated rings. The second-order valence-electron chi connectivity index (χ2n) is 2.13. The van der Waals surface area contributed by atoms with E-state index in [1.807, 2.05) is 6.92 Å². The van der Waals surface area contributed by atoms with Crippen LogP contribution in [0, 0.1) is 17.8 Å². The van der Waals surface area contributed by atoms with E-state index in [0.717, 1.165) is 12.8 Å². The van der Waals surface area contributed by atoms with Crippen LogP contribution in [0.25, 0.3) is 0 Å². The quantitative estimate of drug-likeness (QED) is 0.336. The second-order valence-corrected chi connectivity index (χ2v) is 2.13. The van der Waals surface area contributed by atoms with Crippen molar-refractivity contribution in [3.8, 4) is 11.8 Å². The zero-order chi connectivity index (χ0) is 12.4. The summed E-state index contributed by atoms with van der Waals surface area (Å²) in [7, 11) is 0. The number of carbonyl (C=O) groups excluding carboxylic acids is 3.